The number of carbonyl (C=O) groups is 1. The summed E-state index contributed by atoms with van der Waals surface area (Å²) in [5, 5.41) is 0. The third kappa shape index (κ3) is 3.16. The van der Waals surface area contributed by atoms with E-state index < -0.39 is 11.6 Å². The number of hydrogen-bond acceptors (Lipinski definition) is 2. The summed E-state index contributed by atoms with van der Waals surface area (Å²) in [6.45, 7) is 1.70. The van der Waals surface area contributed by atoms with Crippen molar-refractivity contribution in [1.29, 1.82) is 0 Å². The molecule has 0 fully saturated rings. The van der Waals surface area contributed by atoms with Crippen LogP contribution in [0.5, 0.6) is 5.75 Å². The SMILES string of the molecule is CCC(=O)Oc1cccc(-c2ccc(F)c(F)c2)c1. The molecule has 0 heterocycles. The predicted molar refractivity (Wildman–Crippen MR) is 67.7 cm³/mol. The Morgan fingerprint density at radius 2 is 1.79 bits per heavy atom. The van der Waals surface area contributed by atoms with E-state index in [1.807, 2.05) is 0 Å². The molecule has 2 aromatic rings. The van der Waals surface area contributed by atoms with Crippen molar-refractivity contribution in [3.63, 3.8) is 0 Å². The lowest BCUT2D eigenvalue weighted by atomic mass is 10.1. The van der Waals surface area contributed by atoms with Gasteiger partial charge in [0, 0.05) is 6.42 Å². The monoisotopic (exact) mass is 262 g/mol. The first-order chi connectivity index (χ1) is 9.10. The average Bonchev–Trinajstić information content (AvgIpc) is 2.42. The van der Waals surface area contributed by atoms with Crippen LogP contribution in [0.4, 0.5) is 8.78 Å². The Balaban J connectivity index is 2.32. The molecule has 0 amide bonds. The maximum atomic E-state index is 13.2. The molecule has 0 N–H and O–H groups in total. The topological polar surface area (TPSA) is 26.3 Å². The van der Waals surface area contributed by atoms with E-state index in [-0.39, 0.29) is 12.4 Å². The lowest BCUT2D eigenvalue weighted by Crippen LogP contribution is -2.05. The fourth-order valence-corrected chi connectivity index (χ4v) is 1.62. The molecule has 0 radical (unpaired) electrons. The molecule has 0 atom stereocenters. The van der Waals surface area contributed by atoms with Crippen LogP contribution in [-0.4, -0.2) is 5.97 Å². The summed E-state index contributed by atoms with van der Waals surface area (Å²) in [4.78, 5) is 11.2. The van der Waals surface area contributed by atoms with Crippen LogP contribution in [0, 0.1) is 11.6 Å². The molecule has 2 rings (SSSR count). The third-order valence-corrected chi connectivity index (χ3v) is 2.61. The van der Waals surface area contributed by atoms with Gasteiger partial charge in [0.1, 0.15) is 5.75 Å². The van der Waals surface area contributed by atoms with Crippen LogP contribution in [-0.2, 0) is 4.79 Å². The lowest BCUT2D eigenvalue weighted by Gasteiger charge is -2.06. The minimum Gasteiger partial charge on any atom is -0.427 e. The molecule has 0 saturated carbocycles. The van der Waals surface area contributed by atoms with Gasteiger partial charge < -0.3 is 4.74 Å². The van der Waals surface area contributed by atoms with Gasteiger partial charge in [-0.05, 0) is 35.4 Å². The summed E-state index contributed by atoms with van der Waals surface area (Å²) in [5.41, 5.74) is 1.17. The molecule has 19 heavy (non-hydrogen) atoms. The zero-order valence-corrected chi connectivity index (χ0v) is 10.3. The smallest absolute Gasteiger partial charge is 0.310 e. The van der Waals surface area contributed by atoms with Crippen molar-refractivity contribution in [2.75, 3.05) is 0 Å². The first-order valence-electron chi connectivity index (χ1n) is 5.86. The molecule has 4 heteroatoms. The van der Waals surface area contributed by atoms with Gasteiger partial charge in [-0.1, -0.05) is 25.1 Å². The molecule has 0 aliphatic rings. The van der Waals surface area contributed by atoms with E-state index in [1.54, 1.807) is 31.2 Å². The highest BCUT2D eigenvalue weighted by Gasteiger charge is 2.07. The zero-order chi connectivity index (χ0) is 13.8. The van der Waals surface area contributed by atoms with Gasteiger partial charge in [-0.25, -0.2) is 8.78 Å². The standard InChI is InChI=1S/C15H12F2O2/c1-2-15(18)19-12-5-3-4-10(8-12)11-6-7-13(16)14(17)9-11/h3-9H,2H2,1H3. The van der Waals surface area contributed by atoms with Crippen molar-refractivity contribution >= 4 is 5.97 Å². The fourth-order valence-electron chi connectivity index (χ4n) is 1.62. The number of rotatable bonds is 3. The van der Waals surface area contributed by atoms with E-state index in [4.69, 9.17) is 4.74 Å². The third-order valence-electron chi connectivity index (χ3n) is 2.61. The lowest BCUT2D eigenvalue weighted by molar-refractivity contribution is -0.134. The Bertz CT molecular complexity index is 609. The van der Waals surface area contributed by atoms with E-state index in [0.717, 1.165) is 12.1 Å². The van der Waals surface area contributed by atoms with Crippen LogP contribution in [0.3, 0.4) is 0 Å². The summed E-state index contributed by atoms with van der Waals surface area (Å²) in [6.07, 6.45) is 0.273. The van der Waals surface area contributed by atoms with Gasteiger partial charge in [-0.2, -0.15) is 0 Å². The van der Waals surface area contributed by atoms with Crippen molar-refractivity contribution in [3.05, 3.63) is 54.1 Å². The van der Waals surface area contributed by atoms with Crippen LogP contribution in [0.2, 0.25) is 0 Å². The van der Waals surface area contributed by atoms with E-state index in [9.17, 15) is 13.6 Å². The minimum absolute atomic E-state index is 0.273. The van der Waals surface area contributed by atoms with E-state index in [0.29, 0.717) is 16.9 Å². The Hall–Kier alpha value is -2.23. The second-order valence-electron chi connectivity index (χ2n) is 3.98. The van der Waals surface area contributed by atoms with Crippen molar-refractivity contribution in [1.82, 2.24) is 0 Å². The first-order valence-corrected chi connectivity index (χ1v) is 5.86. The molecular weight excluding hydrogens is 250 g/mol. The van der Waals surface area contributed by atoms with Gasteiger partial charge in [0.2, 0.25) is 0 Å². The van der Waals surface area contributed by atoms with Crippen LogP contribution in [0.25, 0.3) is 11.1 Å². The van der Waals surface area contributed by atoms with Crippen LogP contribution in [0.15, 0.2) is 42.5 Å². The Kier molecular flexibility index (Phi) is 3.90. The molecule has 0 spiro atoms. The van der Waals surface area contributed by atoms with Crippen molar-refractivity contribution in [3.8, 4) is 16.9 Å². The number of carbonyl (C=O) groups excluding carboxylic acids is 1. The Labute approximate surface area is 109 Å². The molecule has 2 nitrogen and oxygen atoms in total. The largest absolute Gasteiger partial charge is 0.427 e. The molecule has 0 aliphatic carbocycles. The van der Waals surface area contributed by atoms with Gasteiger partial charge in [0.25, 0.3) is 0 Å². The van der Waals surface area contributed by atoms with E-state index in [2.05, 4.69) is 0 Å². The highest BCUT2D eigenvalue weighted by atomic mass is 19.2. The minimum atomic E-state index is -0.909. The first kappa shape index (κ1) is 13.2. The fraction of sp³-hybridized carbons (Fsp3) is 0.133. The highest BCUT2D eigenvalue weighted by molar-refractivity contribution is 5.73. The summed E-state index contributed by atoms with van der Waals surface area (Å²) in [7, 11) is 0. The number of benzene rings is 2. The molecule has 0 aliphatic heterocycles. The molecular formula is C15H12F2O2. The number of ether oxygens (including phenoxy) is 1. The quantitative estimate of drug-likeness (QED) is 0.618. The summed E-state index contributed by atoms with van der Waals surface area (Å²) in [5.74, 6) is -1.76. The predicted octanol–water partition coefficient (Wildman–Crippen LogP) is 3.95. The molecule has 0 unspecified atom stereocenters. The summed E-state index contributed by atoms with van der Waals surface area (Å²) < 4.78 is 31.1. The molecule has 0 saturated heterocycles. The van der Waals surface area contributed by atoms with Gasteiger partial charge in [-0.15, -0.1) is 0 Å². The van der Waals surface area contributed by atoms with Gasteiger partial charge in [0.15, 0.2) is 11.6 Å². The molecule has 98 valence electrons. The number of hydrogen-bond donors (Lipinski definition) is 0. The Morgan fingerprint density at radius 1 is 1.05 bits per heavy atom. The second kappa shape index (κ2) is 5.61. The number of esters is 1. The van der Waals surface area contributed by atoms with E-state index in [1.165, 1.54) is 6.07 Å². The maximum absolute atomic E-state index is 13.2. The van der Waals surface area contributed by atoms with Crippen LogP contribution in [0.1, 0.15) is 13.3 Å². The molecule has 2 aromatic carbocycles. The van der Waals surface area contributed by atoms with Gasteiger partial charge in [-0.3, -0.25) is 4.79 Å². The zero-order valence-electron chi connectivity index (χ0n) is 10.3. The summed E-state index contributed by atoms with van der Waals surface area (Å²) >= 11 is 0. The van der Waals surface area contributed by atoms with Crippen molar-refractivity contribution in [2.24, 2.45) is 0 Å². The van der Waals surface area contributed by atoms with Gasteiger partial charge >= 0.3 is 5.97 Å². The number of halogens is 2. The maximum Gasteiger partial charge on any atom is 0.310 e. The highest BCUT2D eigenvalue weighted by Crippen LogP contribution is 2.25. The van der Waals surface area contributed by atoms with Crippen molar-refractivity contribution < 1.29 is 18.3 Å². The average molecular weight is 262 g/mol. The molecule has 0 bridgehead atoms. The molecule has 0 aromatic heterocycles. The van der Waals surface area contributed by atoms with Gasteiger partial charge in [0.05, 0.1) is 0 Å². The normalized spacial score (nSPS) is 10.3. The van der Waals surface area contributed by atoms with Crippen LogP contribution >= 0.6 is 0 Å². The van der Waals surface area contributed by atoms with Crippen molar-refractivity contribution in [2.45, 2.75) is 13.3 Å². The van der Waals surface area contributed by atoms with Crippen LogP contribution < -0.4 is 4.74 Å². The summed E-state index contributed by atoms with van der Waals surface area (Å²) in [6, 6.07) is 10.3. The Morgan fingerprint density at radius 3 is 2.47 bits per heavy atom. The second-order valence-corrected chi connectivity index (χ2v) is 3.98. The van der Waals surface area contributed by atoms with E-state index >= 15 is 0 Å².